The lowest BCUT2D eigenvalue weighted by atomic mass is 10.1. The second-order valence-corrected chi connectivity index (χ2v) is 5.02. The van der Waals surface area contributed by atoms with Crippen LogP contribution in [0.5, 0.6) is 0 Å². The van der Waals surface area contributed by atoms with E-state index in [2.05, 4.69) is 0 Å². The number of carboxylic acids is 1. The Morgan fingerprint density at radius 2 is 2.00 bits per heavy atom. The van der Waals surface area contributed by atoms with Crippen LogP contribution in [0.2, 0.25) is 0 Å². The van der Waals surface area contributed by atoms with Crippen molar-refractivity contribution < 1.29 is 32.6 Å². The molecular weight excluding hydrogens is 293 g/mol. The normalized spacial score (nSPS) is 19.1. The summed E-state index contributed by atoms with van der Waals surface area (Å²) in [6.07, 6.45) is -2.27. The number of carboxylic acid groups (broad SMARTS) is 1. The minimum absolute atomic E-state index is 0.146. The lowest BCUT2D eigenvalue weighted by Crippen LogP contribution is -2.49. The summed E-state index contributed by atoms with van der Waals surface area (Å²) in [5, 5.41) is 8.63. The van der Waals surface area contributed by atoms with Gasteiger partial charge in [0.25, 0.3) is 0 Å². The van der Waals surface area contributed by atoms with Gasteiger partial charge < -0.3 is 19.6 Å². The fraction of sp³-hybridized carbons (Fsp3) is 0.833. The number of amides is 2. The number of carbonyl (C=O) groups excluding carboxylic acids is 1. The van der Waals surface area contributed by atoms with E-state index < -0.39 is 31.3 Å². The Morgan fingerprint density at radius 3 is 2.48 bits per heavy atom. The van der Waals surface area contributed by atoms with Gasteiger partial charge >= 0.3 is 18.2 Å². The van der Waals surface area contributed by atoms with E-state index in [9.17, 15) is 22.8 Å². The van der Waals surface area contributed by atoms with Crippen molar-refractivity contribution in [3.05, 3.63) is 0 Å². The number of aliphatic carboxylic acids is 1. The number of hydrogen-bond donors (Lipinski definition) is 1. The zero-order valence-electron chi connectivity index (χ0n) is 11.7. The van der Waals surface area contributed by atoms with Gasteiger partial charge in [-0.3, -0.25) is 4.79 Å². The number of halogens is 3. The largest absolute Gasteiger partial charge is 0.480 e. The Kier molecular flexibility index (Phi) is 6.25. The van der Waals surface area contributed by atoms with Crippen LogP contribution >= 0.6 is 0 Å². The number of alkyl halides is 3. The van der Waals surface area contributed by atoms with Gasteiger partial charge in [0.2, 0.25) is 0 Å². The highest BCUT2D eigenvalue weighted by Crippen LogP contribution is 2.18. The van der Waals surface area contributed by atoms with Crippen LogP contribution in [0.3, 0.4) is 0 Å². The summed E-state index contributed by atoms with van der Waals surface area (Å²) < 4.78 is 42.6. The summed E-state index contributed by atoms with van der Waals surface area (Å²) in [5.41, 5.74) is 0. The standard InChI is InChI=1S/C12H19F3N2O4/c1-16(6-9-4-2-3-5-21-9)11(20)17(7-10(18)19)8-12(13,14)15/h9H,2-8H2,1H3,(H,18,19). The molecule has 1 aliphatic rings. The molecule has 0 bridgehead atoms. The van der Waals surface area contributed by atoms with Crippen LogP contribution in [0, 0.1) is 0 Å². The molecule has 1 N–H and O–H groups in total. The van der Waals surface area contributed by atoms with Crippen molar-refractivity contribution >= 4 is 12.0 Å². The molecule has 6 nitrogen and oxygen atoms in total. The van der Waals surface area contributed by atoms with Gasteiger partial charge in [0.15, 0.2) is 0 Å². The molecule has 1 fully saturated rings. The SMILES string of the molecule is CN(CC1CCCCO1)C(=O)N(CC(=O)O)CC(F)(F)F. The molecule has 1 aliphatic heterocycles. The van der Waals surface area contributed by atoms with Crippen molar-refractivity contribution in [2.75, 3.05) is 33.3 Å². The first kappa shape index (κ1) is 17.5. The molecule has 0 saturated carbocycles. The van der Waals surface area contributed by atoms with Crippen molar-refractivity contribution in [2.24, 2.45) is 0 Å². The van der Waals surface area contributed by atoms with Gasteiger partial charge in [-0.05, 0) is 19.3 Å². The van der Waals surface area contributed by atoms with Gasteiger partial charge in [0.05, 0.1) is 6.10 Å². The van der Waals surface area contributed by atoms with E-state index >= 15 is 0 Å². The Bertz CT molecular complexity index is 370. The topological polar surface area (TPSA) is 70.1 Å². The number of rotatable bonds is 5. The Labute approximate surface area is 120 Å². The molecule has 1 heterocycles. The molecule has 1 rings (SSSR count). The van der Waals surface area contributed by atoms with Gasteiger partial charge in [-0.15, -0.1) is 0 Å². The molecule has 0 aromatic heterocycles. The predicted octanol–water partition coefficient (Wildman–Crippen LogP) is 1.56. The Balaban J connectivity index is 2.62. The van der Waals surface area contributed by atoms with Crippen LogP contribution in [0.1, 0.15) is 19.3 Å². The minimum Gasteiger partial charge on any atom is -0.480 e. The molecule has 1 unspecified atom stereocenters. The molecular formula is C12H19F3N2O4. The van der Waals surface area contributed by atoms with Crippen LogP contribution in [0.15, 0.2) is 0 Å². The first-order chi connectivity index (χ1) is 9.69. The summed E-state index contributed by atoms with van der Waals surface area (Å²) in [4.78, 5) is 23.9. The monoisotopic (exact) mass is 312 g/mol. The fourth-order valence-corrected chi connectivity index (χ4v) is 2.15. The van der Waals surface area contributed by atoms with Gasteiger partial charge in [-0.25, -0.2) is 4.79 Å². The third kappa shape index (κ3) is 6.65. The lowest BCUT2D eigenvalue weighted by molar-refractivity contribution is -0.149. The van der Waals surface area contributed by atoms with Crippen molar-refractivity contribution in [1.29, 1.82) is 0 Å². The third-order valence-electron chi connectivity index (χ3n) is 3.04. The number of hydrogen-bond acceptors (Lipinski definition) is 3. The maximum absolute atomic E-state index is 12.4. The Hall–Kier alpha value is -1.51. The summed E-state index contributed by atoms with van der Waals surface area (Å²) in [5.74, 6) is -1.49. The molecule has 2 amide bonds. The molecule has 122 valence electrons. The van der Waals surface area contributed by atoms with Crippen molar-refractivity contribution in [1.82, 2.24) is 9.80 Å². The van der Waals surface area contributed by atoms with Crippen LogP contribution in [0.4, 0.5) is 18.0 Å². The molecule has 0 aromatic rings. The molecule has 0 spiro atoms. The van der Waals surface area contributed by atoms with Crippen molar-refractivity contribution in [2.45, 2.75) is 31.5 Å². The van der Waals surface area contributed by atoms with Crippen LogP contribution in [0.25, 0.3) is 0 Å². The highest BCUT2D eigenvalue weighted by Gasteiger charge is 2.35. The molecule has 9 heteroatoms. The second kappa shape index (κ2) is 7.48. The van der Waals surface area contributed by atoms with E-state index in [4.69, 9.17) is 9.84 Å². The quantitative estimate of drug-likeness (QED) is 0.836. The molecule has 21 heavy (non-hydrogen) atoms. The zero-order chi connectivity index (χ0) is 16.0. The lowest BCUT2D eigenvalue weighted by Gasteiger charge is -2.31. The summed E-state index contributed by atoms with van der Waals surface area (Å²) in [7, 11) is 1.34. The number of urea groups is 1. The van der Waals surface area contributed by atoms with E-state index in [1.807, 2.05) is 0 Å². The molecule has 1 saturated heterocycles. The fourth-order valence-electron chi connectivity index (χ4n) is 2.15. The summed E-state index contributed by atoms with van der Waals surface area (Å²) in [6.45, 7) is -1.87. The number of likely N-dealkylation sites (N-methyl/N-ethyl adjacent to an activating group) is 1. The number of carbonyl (C=O) groups is 2. The highest BCUT2D eigenvalue weighted by atomic mass is 19.4. The molecule has 0 radical (unpaired) electrons. The van der Waals surface area contributed by atoms with Crippen molar-refractivity contribution in [3.63, 3.8) is 0 Å². The zero-order valence-corrected chi connectivity index (χ0v) is 11.7. The van der Waals surface area contributed by atoms with Crippen LogP contribution in [-0.4, -0.2) is 72.5 Å². The van der Waals surface area contributed by atoms with E-state index in [0.29, 0.717) is 6.61 Å². The van der Waals surface area contributed by atoms with Crippen molar-refractivity contribution in [3.8, 4) is 0 Å². The predicted molar refractivity (Wildman–Crippen MR) is 66.9 cm³/mol. The molecule has 0 aromatic carbocycles. The van der Waals surface area contributed by atoms with E-state index in [-0.39, 0.29) is 17.5 Å². The van der Waals surface area contributed by atoms with Crippen LogP contribution < -0.4 is 0 Å². The molecule has 0 aliphatic carbocycles. The highest BCUT2D eigenvalue weighted by molar-refractivity contribution is 5.80. The minimum atomic E-state index is -4.65. The maximum Gasteiger partial charge on any atom is 0.406 e. The van der Waals surface area contributed by atoms with E-state index in [1.54, 1.807) is 0 Å². The van der Waals surface area contributed by atoms with Gasteiger partial charge in [0.1, 0.15) is 13.1 Å². The smallest absolute Gasteiger partial charge is 0.406 e. The third-order valence-corrected chi connectivity index (χ3v) is 3.04. The Morgan fingerprint density at radius 1 is 1.33 bits per heavy atom. The van der Waals surface area contributed by atoms with Gasteiger partial charge in [0, 0.05) is 20.2 Å². The first-order valence-electron chi connectivity index (χ1n) is 6.59. The second-order valence-electron chi connectivity index (χ2n) is 5.02. The van der Waals surface area contributed by atoms with Gasteiger partial charge in [-0.1, -0.05) is 0 Å². The van der Waals surface area contributed by atoms with Crippen LogP contribution in [-0.2, 0) is 9.53 Å². The molecule has 1 atom stereocenters. The average Bonchev–Trinajstić information content (AvgIpc) is 2.36. The maximum atomic E-state index is 12.4. The van der Waals surface area contributed by atoms with E-state index in [0.717, 1.165) is 24.2 Å². The average molecular weight is 312 g/mol. The summed E-state index contributed by atoms with van der Waals surface area (Å²) in [6, 6.07) is -0.969. The van der Waals surface area contributed by atoms with Gasteiger partial charge in [-0.2, -0.15) is 13.2 Å². The number of ether oxygens (including phenoxy) is 1. The number of nitrogens with zero attached hydrogens (tertiary/aromatic N) is 2. The summed E-state index contributed by atoms with van der Waals surface area (Å²) >= 11 is 0. The first-order valence-corrected chi connectivity index (χ1v) is 6.59. The van der Waals surface area contributed by atoms with E-state index in [1.165, 1.54) is 7.05 Å².